The summed E-state index contributed by atoms with van der Waals surface area (Å²) in [5.74, 6) is 0. The zero-order chi connectivity index (χ0) is 4.71. The van der Waals surface area contributed by atoms with Crippen LogP contribution in [0.1, 0.15) is 0 Å². The Balaban J connectivity index is -0.0000000275. The third kappa shape index (κ3) is 70.5. The number of hydrogen-bond donors (Lipinski definition) is 0. The summed E-state index contributed by atoms with van der Waals surface area (Å²) in [5, 5.41) is 0. The minimum Gasteiger partial charge on any atom is 0 e. The van der Waals surface area contributed by atoms with Crippen LogP contribution in [-0.2, 0) is 33.1 Å². The summed E-state index contributed by atoms with van der Waals surface area (Å²) >= 11 is 0.300. The van der Waals surface area contributed by atoms with E-state index in [9.17, 15) is 0 Å². The number of hydrogen-bond acceptors (Lipinski definition) is 3. The summed E-state index contributed by atoms with van der Waals surface area (Å²) in [6.07, 6.45) is 0. The Bertz CT molecular complexity index is 40.1. The van der Waals surface area contributed by atoms with Crippen molar-refractivity contribution in [2.75, 3.05) is 0 Å². The van der Waals surface area contributed by atoms with Crippen LogP contribution in [0, 0.1) is 0 Å². The smallest absolute Gasteiger partial charge is 0 e. The molecule has 6 heavy (non-hydrogen) atoms. The maximum Gasteiger partial charge on any atom is 0 e. The maximum atomic E-state index is 8.40. The van der Waals surface area contributed by atoms with Gasteiger partial charge in [-0.25, -0.2) is 0 Å². The van der Waals surface area contributed by atoms with Crippen molar-refractivity contribution in [3.63, 3.8) is 0 Å². The van der Waals surface area contributed by atoms with Gasteiger partial charge in [-0.1, -0.05) is 0 Å². The fourth-order valence-electron chi connectivity index (χ4n) is 0. The quantitative estimate of drug-likeness (QED) is 0.502. The third-order valence-corrected chi connectivity index (χ3v) is 0. The van der Waals surface area contributed by atoms with Crippen LogP contribution < -0.4 is 0 Å². The van der Waals surface area contributed by atoms with Gasteiger partial charge in [0, 0.05) is 21.1 Å². The van der Waals surface area contributed by atoms with E-state index in [1.54, 1.807) is 0 Å². The van der Waals surface area contributed by atoms with Crippen LogP contribution in [0.25, 0.3) is 0 Å². The van der Waals surface area contributed by atoms with Gasteiger partial charge in [-0.2, -0.15) is 0 Å². The van der Waals surface area contributed by atoms with Gasteiger partial charge in [0.2, 0.25) is 0 Å². The molecule has 0 aliphatic carbocycles. The van der Waals surface area contributed by atoms with Gasteiger partial charge in [-0.15, -0.1) is 0 Å². The molecule has 0 aliphatic heterocycles. The van der Waals surface area contributed by atoms with E-state index in [4.69, 9.17) is 12.0 Å². The van der Waals surface area contributed by atoms with E-state index in [-0.39, 0.29) is 21.1 Å². The fourth-order valence-corrected chi connectivity index (χ4v) is 0. The molecule has 0 fully saturated rings. The van der Waals surface area contributed by atoms with E-state index in [1.807, 2.05) is 0 Å². The molecular formula is O3SiSnW. The molecule has 0 aliphatic rings. The Hall–Kier alpha value is 1.10. The molecule has 0 N–H and O–H groups in total. The van der Waals surface area contributed by atoms with Crippen molar-refractivity contribution in [1.82, 2.24) is 0 Å². The molecule has 0 heterocycles. The molecule has 0 unspecified atom stereocenters. The van der Waals surface area contributed by atoms with Crippen molar-refractivity contribution in [3.05, 3.63) is 0 Å². The van der Waals surface area contributed by atoms with E-state index in [0.717, 1.165) is 0 Å². The SMILES string of the molecule is O=[Si]=O.[O]=[Sn].[W]. The van der Waals surface area contributed by atoms with Crippen molar-refractivity contribution in [1.29, 1.82) is 0 Å². The predicted octanol–water partition coefficient (Wildman–Crippen LogP) is -1.12. The molecule has 0 rings (SSSR count). The van der Waals surface area contributed by atoms with Crippen molar-refractivity contribution in [2.45, 2.75) is 0 Å². The van der Waals surface area contributed by atoms with Crippen LogP contribution in [0.15, 0.2) is 0 Å². The first-order valence-corrected chi connectivity index (χ1v) is 2.59. The molecular weight excluding hydrogens is 379 g/mol. The first-order chi connectivity index (χ1) is 2.41. The standard InChI is InChI=1S/O2Si.O.Sn.W/c1-3-2;;;. The normalized spacial score (nSPS) is 2.00. The van der Waals surface area contributed by atoms with E-state index >= 15 is 0 Å². The fraction of sp³-hybridized carbons (Fsp3) is 0. The van der Waals surface area contributed by atoms with Crippen molar-refractivity contribution < 1.29 is 33.1 Å². The second-order valence-corrected chi connectivity index (χ2v) is 0.250. The Kier molecular flexibility index (Phi) is 94.1. The van der Waals surface area contributed by atoms with E-state index in [2.05, 4.69) is 0 Å². The van der Waals surface area contributed by atoms with Gasteiger partial charge in [0.05, 0.1) is 0 Å². The summed E-state index contributed by atoms with van der Waals surface area (Å²) in [5.41, 5.74) is 0. The molecule has 6 heteroatoms. The van der Waals surface area contributed by atoms with E-state index in [1.165, 1.54) is 0 Å². The molecule has 3 nitrogen and oxygen atoms in total. The van der Waals surface area contributed by atoms with Gasteiger partial charge in [0.1, 0.15) is 0 Å². The summed E-state index contributed by atoms with van der Waals surface area (Å²) in [6.45, 7) is 0. The van der Waals surface area contributed by atoms with Gasteiger partial charge >= 0.3 is 34.9 Å². The molecule has 32 valence electrons. The molecule has 0 aromatic rings. The van der Waals surface area contributed by atoms with Gasteiger partial charge in [-0.3, -0.25) is 8.92 Å². The molecule has 0 aromatic carbocycles. The zero-order valence-electron chi connectivity index (χ0n) is 2.63. The summed E-state index contributed by atoms with van der Waals surface area (Å²) in [6, 6.07) is 0. The van der Waals surface area contributed by atoms with E-state index in [0.29, 0.717) is 22.5 Å². The van der Waals surface area contributed by atoms with Gasteiger partial charge in [-0.05, 0) is 0 Å². The molecule has 0 bridgehead atoms. The van der Waals surface area contributed by atoms with Crippen molar-refractivity contribution in [3.8, 4) is 0 Å². The Morgan fingerprint density at radius 1 is 1.17 bits per heavy atom. The van der Waals surface area contributed by atoms with Crippen molar-refractivity contribution in [2.24, 2.45) is 0 Å². The molecule has 0 amide bonds. The average Bonchev–Trinajstić information content (AvgIpc) is 1.46. The zero-order valence-corrected chi connectivity index (χ0v) is 9.42. The largest absolute Gasteiger partial charge is 0 e. The van der Waals surface area contributed by atoms with Crippen LogP contribution in [0.5, 0.6) is 0 Å². The summed E-state index contributed by atoms with van der Waals surface area (Å²) in [7, 11) is -1.42. The Morgan fingerprint density at radius 2 is 1.17 bits per heavy atom. The van der Waals surface area contributed by atoms with Crippen molar-refractivity contribution >= 4 is 31.8 Å². The summed E-state index contributed by atoms with van der Waals surface area (Å²) < 4.78 is 25.1. The van der Waals surface area contributed by atoms with Crippen LogP contribution >= 0.6 is 0 Å². The van der Waals surface area contributed by atoms with E-state index < -0.39 is 9.29 Å². The molecule has 0 spiro atoms. The number of rotatable bonds is 0. The van der Waals surface area contributed by atoms with Crippen LogP contribution in [0.3, 0.4) is 0 Å². The first kappa shape index (κ1) is 15.7. The Labute approximate surface area is 64.6 Å². The minimum atomic E-state index is -1.42. The molecule has 0 aromatic heterocycles. The third-order valence-electron chi connectivity index (χ3n) is 0. The monoisotopic (exact) mass is 380 g/mol. The predicted molar refractivity (Wildman–Crippen MR) is 13.6 cm³/mol. The summed E-state index contributed by atoms with van der Waals surface area (Å²) in [4.78, 5) is 0. The molecule has 2 radical (unpaired) electrons. The van der Waals surface area contributed by atoms with Gasteiger partial charge in [0.15, 0.2) is 0 Å². The minimum absolute atomic E-state index is 0. The van der Waals surface area contributed by atoms with Gasteiger partial charge < -0.3 is 0 Å². The van der Waals surface area contributed by atoms with Crippen LogP contribution in [-0.4, -0.2) is 31.8 Å². The topological polar surface area (TPSA) is 51.2 Å². The van der Waals surface area contributed by atoms with Crippen LogP contribution in [0.4, 0.5) is 0 Å². The van der Waals surface area contributed by atoms with Gasteiger partial charge in [0.25, 0.3) is 0 Å². The van der Waals surface area contributed by atoms with Crippen LogP contribution in [0.2, 0.25) is 0 Å². The Morgan fingerprint density at radius 3 is 1.17 bits per heavy atom. The second-order valence-electron chi connectivity index (χ2n) is 0.0833. The molecule has 0 saturated carbocycles. The first-order valence-electron chi connectivity index (χ1n) is 0.612. The molecule has 0 saturated heterocycles. The second kappa shape index (κ2) is 35.9. The maximum absolute atomic E-state index is 8.40. The molecule has 0 atom stereocenters. The average molecular weight is 379 g/mol.